The van der Waals surface area contributed by atoms with Crippen LogP contribution in [0.15, 0.2) is 23.2 Å². The van der Waals surface area contributed by atoms with E-state index in [1.807, 2.05) is 32.6 Å². The average molecular weight is 437 g/mol. The van der Waals surface area contributed by atoms with Gasteiger partial charge in [-0.2, -0.15) is 0 Å². The van der Waals surface area contributed by atoms with Crippen molar-refractivity contribution in [2.45, 2.75) is 83.5 Å². The SMILES string of the molecule is CCNC(=NCCc1cc(F)ccc1F)NC1CC2CCC(C1)N2C(=O)OC(C)(C)C. The molecule has 0 saturated carbocycles. The number of carbonyl (C=O) groups is 1. The Hall–Kier alpha value is -2.38. The predicted octanol–water partition coefficient (Wildman–Crippen LogP) is 3.99. The summed E-state index contributed by atoms with van der Waals surface area (Å²) in [7, 11) is 0. The molecule has 0 spiro atoms. The van der Waals surface area contributed by atoms with E-state index in [-0.39, 0.29) is 24.2 Å². The Balaban J connectivity index is 1.58. The van der Waals surface area contributed by atoms with Crippen molar-refractivity contribution in [2.75, 3.05) is 13.1 Å². The number of amides is 1. The van der Waals surface area contributed by atoms with Crippen molar-refractivity contribution in [1.82, 2.24) is 15.5 Å². The third-order valence-corrected chi connectivity index (χ3v) is 5.68. The van der Waals surface area contributed by atoms with Crippen molar-refractivity contribution in [3.63, 3.8) is 0 Å². The van der Waals surface area contributed by atoms with Gasteiger partial charge in [0.2, 0.25) is 0 Å². The molecular formula is C23H34F2N4O2. The van der Waals surface area contributed by atoms with Crippen molar-refractivity contribution in [2.24, 2.45) is 4.99 Å². The van der Waals surface area contributed by atoms with Gasteiger partial charge in [0.05, 0.1) is 0 Å². The van der Waals surface area contributed by atoms with Gasteiger partial charge >= 0.3 is 6.09 Å². The first-order chi connectivity index (χ1) is 14.7. The number of guanidine groups is 1. The molecule has 172 valence electrons. The lowest BCUT2D eigenvalue weighted by atomic mass is 9.98. The monoisotopic (exact) mass is 436 g/mol. The largest absolute Gasteiger partial charge is 0.444 e. The van der Waals surface area contributed by atoms with Crippen LogP contribution in [-0.4, -0.2) is 53.8 Å². The van der Waals surface area contributed by atoms with E-state index in [4.69, 9.17) is 4.74 Å². The van der Waals surface area contributed by atoms with Crippen LogP contribution in [0.25, 0.3) is 0 Å². The molecule has 2 saturated heterocycles. The van der Waals surface area contributed by atoms with Gasteiger partial charge in [0.1, 0.15) is 17.2 Å². The minimum atomic E-state index is -0.502. The van der Waals surface area contributed by atoms with E-state index in [0.717, 1.165) is 37.8 Å². The standard InChI is InChI=1S/C23H34F2N4O2/c1-5-26-21(27-11-10-15-12-16(24)6-9-20(15)25)28-17-13-18-7-8-19(14-17)29(18)22(30)31-23(2,3)4/h6,9,12,17-19H,5,7-8,10-11,13-14H2,1-4H3,(H2,26,27,28). The molecule has 1 aromatic carbocycles. The van der Waals surface area contributed by atoms with Crippen LogP contribution in [0.2, 0.25) is 0 Å². The highest BCUT2D eigenvalue weighted by atomic mass is 19.1. The first-order valence-corrected chi connectivity index (χ1v) is 11.2. The summed E-state index contributed by atoms with van der Waals surface area (Å²) in [5.41, 5.74) is -0.180. The normalized spacial score (nSPS) is 23.6. The molecule has 2 bridgehead atoms. The quantitative estimate of drug-likeness (QED) is 0.541. The number of nitrogens with one attached hydrogen (secondary N) is 2. The van der Waals surface area contributed by atoms with Gasteiger partial charge in [-0.1, -0.05) is 0 Å². The molecule has 2 aliphatic heterocycles. The van der Waals surface area contributed by atoms with Gasteiger partial charge < -0.3 is 20.3 Å². The third-order valence-electron chi connectivity index (χ3n) is 5.68. The molecule has 1 amide bonds. The topological polar surface area (TPSA) is 66.0 Å². The molecule has 2 aliphatic rings. The average Bonchev–Trinajstić information content (AvgIpc) is 2.94. The lowest BCUT2D eigenvalue weighted by molar-refractivity contribution is 0.00545. The maximum Gasteiger partial charge on any atom is 0.410 e. The molecule has 3 rings (SSSR count). The fourth-order valence-electron chi connectivity index (χ4n) is 4.44. The number of fused-ring (bicyclic) bond motifs is 2. The Labute approximate surface area is 183 Å². The van der Waals surface area contributed by atoms with Crippen LogP contribution in [0.4, 0.5) is 13.6 Å². The van der Waals surface area contributed by atoms with E-state index in [1.54, 1.807) is 0 Å². The van der Waals surface area contributed by atoms with Crippen molar-refractivity contribution < 1.29 is 18.3 Å². The van der Waals surface area contributed by atoms with Gasteiger partial charge in [0.15, 0.2) is 5.96 Å². The fourth-order valence-corrected chi connectivity index (χ4v) is 4.44. The summed E-state index contributed by atoms with van der Waals surface area (Å²) in [5.74, 6) is -0.201. The summed E-state index contributed by atoms with van der Waals surface area (Å²) in [4.78, 5) is 19.1. The first-order valence-electron chi connectivity index (χ1n) is 11.2. The molecule has 8 heteroatoms. The minimum absolute atomic E-state index is 0.162. The molecule has 2 heterocycles. The van der Waals surface area contributed by atoms with E-state index in [9.17, 15) is 13.6 Å². The van der Waals surface area contributed by atoms with Crippen LogP contribution < -0.4 is 10.6 Å². The Morgan fingerprint density at radius 2 is 1.90 bits per heavy atom. The molecule has 6 nitrogen and oxygen atoms in total. The highest BCUT2D eigenvalue weighted by Gasteiger charge is 2.45. The highest BCUT2D eigenvalue weighted by molar-refractivity contribution is 5.80. The maximum atomic E-state index is 13.8. The van der Waals surface area contributed by atoms with E-state index in [0.29, 0.717) is 31.0 Å². The zero-order valence-electron chi connectivity index (χ0n) is 18.9. The number of halogens is 2. The third kappa shape index (κ3) is 6.31. The van der Waals surface area contributed by atoms with Gasteiger partial charge in [-0.25, -0.2) is 13.6 Å². The van der Waals surface area contributed by atoms with Crippen molar-refractivity contribution in [3.05, 3.63) is 35.4 Å². The number of carbonyl (C=O) groups excluding carboxylic acids is 1. The van der Waals surface area contributed by atoms with Crippen LogP contribution in [0, 0.1) is 11.6 Å². The molecular weight excluding hydrogens is 402 g/mol. The second kappa shape index (κ2) is 9.83. The number of nitrogens with zero attached hydrogens (tertiary/aromatic N) is 2. The van der Waals surface area contributed by atoms with Gasteiger partial charge in [0, 0.05) is 31.2 Å². The summed E-state index contributed by atoms with van der Waals surface area (Å²) < 4.78 is 32.8. The second-order valence-corrected chi connectivity index (χ2v) is 9.33. The van der Waals surface area contributed by atoms with E-state index >= 15 is 0 Å². The van der Waals surface area contributed by atoms with Crippen molar-refractivity contribution in [1.29, 1.82) is 0 Å². The van der Waals surface area contributed by atoms with Gasteiger partial charge in [-0.05, 0) is 83.6 Å². The van der Waals surface area contributed by atoms with Crippen LogP contribution in [0.5, 0.6) is 0 Å². The van der Waals surface area contributed by atoms with E-state index in [1.165, 1.54) is 6.07 Å². The van der Waals surface area contributed by atoms with Gasteiger partial charge in [-0.15, -0.1) is 0 Å². The molecule has 2 atom stereocenters. The second-order valence-electron chi connectivity index (χ2n) is 9.33. The summed E-state index contributed by atoms with van der Waals surface area (Å²) in [6.45, 7) is 8.68. The number of rotatable bonds is 5. The highest BCUT2D eigenvalue weighted by Crippen LogP contribution is 2.36. The lowest BCUT2D eigenvalue weighted by Crippen LogP contribution is -2.55. The predicted molar refractivity (Wildman–Crippen MR) is 117 cm³/mol. The molecule has 1 aromatic rings. The molecule has 0 aromatic heterocycles. The summed E-state index contributed by atoms with van der Waals surface area (Å²) >= 11 is 0. The van der Waals surface area contributed by atoms with Crippen molar-refractivity contribution in [3.8, 4) is 0 Å². The Morgan fingerprint density at radius 1 is 1.23 bits per heavy atom. The molecule has 2 unspecified atom stereocenters. The first kappa shape index (κ1) is 23.3. The molecule has 2 N–H and O–H groups in total. The van der Waals surface area contributed by atoms with Crippen LogP contribution >= 0.6 is 0 Å². The summed E-state index contributed by atoms with van der Waals surface area (Å²) in [5, 5.41) is 6.69. The summed E-state index contributed by atoms with van der Waals surface area (Å²) in [6, 6.07) is 4.00. The summed E-state index contributed by atoms with van der Waals surface area (Å²) in [6.07, 6.45) is 3.72. The fraction of sp³-hybridized carbons (Fsp3) is 0.652. The lowest BCUT2D eigenvalue weighted by Gasteiger charge is -2.40. The Kier molecular flexibility index (Phi) is 7.38. The van der Waals surface area contributed by atoms with Crippen LogP contribution in [-0.2, 0) is 11.2 Å². The molecule has 2 fully saturated rings. The number of aliphatic imine (C=N–C) groups is 1. The zero-order chi connectivity index (χ0) is 22.6. The number of hydrogen-bond donors (Lipinski definition) is 2. The van der Waals surface area contributed by atoms with Crippen molar-refractivity contribution >= 4 is 12.1 Å². The molecule has 0 radical (unpaired) electrons. The Bertz CT molecular complexity index is 795. The maximum absolute atomic E-state index is 13.8. The minimum Gasteiger partial charge on any atom is -0.444 e. The van der Waals surface area contributed by atoms with Crippen LogP contribution in [0.3, 0.4) is 0 Å². The van der Waals surface area contributed by atoms with Gasteiger partial charge in [0.25, 0.3) is 0 Å². The number of ether oxygens (including phenoxy) is 1. The smallest absolute Gasteiger partial charge is 0.410 e. The number of benzene rings is 1. The van der Waals surface area contributed by atoms with E-state index in [2.05, 4.69) is 15.6 Å². The molecule has 31 heavy (non-hydrogen) atoms. The number of hydrogen-bond acceptors (Lipinski definition) is 3. The van der Waals surface area contributed by atoms with Crippen LogP contribution in [0.1, 0.15) is 58.9 Å². The zero-order valence-corrected chi connectivity index (χ0v) is 18.9. The Morgan fingerprint density at radius 3 is 2.52 bits per heavy atom. The van der Waals surface area contributed by atoms with E-state index < -0.39 is 17.2 Å². The van der Waals surface area contributed by atoms with Gasteiger partial charge in [-0.3, -0.25) is 4.99 Å². The molecule has 0 aliphatic carbocycles. The number of piperidine rings is 1.